The number of benzene rings is 2. The number of thioether (sulfide) groups is 1. The summed E-state index contributed by atoms with van der Waals surface area (Å²) < 4.78 is 11.6. The van der Waals surface area contributed by atoms with Crippen LogP contribution < -0.4 is 9.47 Å². The van der Waals surface area contributed by atoms with Crippen LogP contribution in [0.15, 0.2) is 47.4 Å². The second kappa shape index (κ2) is 9.37. The van der Waals surface area contributed by atoms with Gasteiger partial charge in [-0.1, -0.05) is 29.8 Å². The van der Waals surface area contributed by atoms with Gasteiger partial charge in [0.15, 0.2) is 11.5 Å². The minimum absolute atomic E-state index is 0.170. The number of amides is 2. The molecule has 0 spiro atoms. The zero-order valence-corrected chi connectivity index (χ0v) is 18.0. The highest BCUT2D eigenvalue weighted by Gasteiger charge is 2.36. The first-order valence-electron chi connectivity index (χ1n) is 9.30. The van der Waals surface area contributed by atoms with E-state index < -0.39 is 0 Å². The molecule has 0 atom stereocenters. The fourth-order valence-electron chi connectivity index (χ4n) is 2.82. The van der Waals surface area contributed by atoms with Crippen molar-refractivity contribution in [1.82, 2.24) is 4.90 Å². The molecule has 2 aromatic carbocycles. The summed E-state index contributed by atoms with van der Waals surface area (Å²) in [5, 5.41) is 0.430. The Balaban J connectivity index is 1.79. The molecule has 0 aromatic heterocycles. The summed E-state index contributed by atoms with van der Waals surface area (Å²) in [7, 11) is 0. The second-order valence-corrected chi connectivity index (χ2v) is 8.13. The normalized spacial score (nSPS) is 15.5. The number of hydrogen-bond acceptors (Lipinski definition) is 5. The molecule has 7 heteroatoms. The van der Waals surface area contributed by atoms with Crippen molar-refractivity contribution in [2.75, 3.05) is 6.61 Å². The van der Waals surface area contributed by atoms with E-state index in [0.717, 1.165) is 22.9 Å². The Kier molecular flexibility index (Phi) is 6.87. The largest absolute Gasteiger partial charge is 0.490 e. The summed E-state index contributed by atoms with van der Waals surface area (Å²) >= 11 is 6.86. The third kappa shape index (κ3) is 5.14. The van der Waals surface area contributed by atoms with Crippen LogP contribution in [-0.2, 0) is 11.4 Å². The Morgan fingerprint density at radius 2 is 1.79 bits per heavy atom. The Morgan fingerprint density at radius 3 is 2.41 bits per heavy atom. The maximum atomic E-state index is 12.5. The van der Waals surface area contributed by atoms with E-state index in [1.54, 1.807) is 12.1 Å². The molecule has 2 amide bonds. The van der Waals surface area contributed by atoms with Gasteiger partial charge in [-0.25, -0.2) is 0 Å². The molecule has 0 aliphatic carbocycles. The molecular weight excluding hydrogens is 410 g/mol. The van der Waals surface area contributed by atoms with Crippen LogP contribution in [0.5, 0.6) is 11.5 Å². The zero-order chi connectivity index (χ0) is 21.0. The van der Waals surface area contributed by atoms with Gasteiger partial charge < -0.3 is 9.47 Å². The number of nitrogens with zero attached hydrogens (tertiary/aromatic N) is 1. The molecule has 3 rings (SSSR count). The smallest absolute Gasteiger partial charge is 0.293 e. The van der Waals surface area contributed by atoms with Gasteiger partial charge in [-0.2, -0.15) is 0 Å². The molecule has 1 heterocycles. The molecule has 0 unspecified atom stereocenters. The predicted octanol–water partition coefficient (Wildman–Crippen LogP) is 5.76. The Labute approximate surface area is 179 Å². The SMILES string of the molecule is CCOc1cc(/C=C2/SC(=O)N(C(C)C)C2=O)ccc1OCc1ccc(Cl)cc1. The Bertz CT molecular complexity index is 940. The summed E-state index contributed by atoms with van der Waals surface area (Å²) in [6, 6.07) is 12.7. The van der Waals surface area contributed by atoms with Gasteiger partial charge in [0.2, 0.25) is 0 Å². The van der Waals surface area contributed by atoms with Gasteiger partial charge in [0.1, 0.15) is 6.61 Å². The second-order valence-electron chi connectivity index (χ2n) is 6.70. The number of imide groups is 1. The summed E-state index contributed by atoms with van der Waals surface area (Å²) in [5.74, 6) is 0.920. The third-order valence-corrected chi connectivity index (χ3v) is 5.35. The van der Waals surface area contributed by atoms with Crippen LogP contribution >= 0.6 is 23.4 Å². The van der Waals surface area contributed by atoms with Crippen LogP contribution in [0.3, 0.4) is 0 Å². The number of ether oxygens (including phenoxy) is 2. The van der Waals surface area contributed by atoms with E-state index in [2.05, 4.69) is 0 Å². The van der Waals surface area contributed by atoms with Crippen LogP contribution in [0.1, 0.15) is 31.9 Å². The summed E-state index contributed by atoms with van der Waals surface area (Å²) in [6.45, 7) is 6.39. The van der Waals surface area contributed by atoms with E-state index in [-0.39, 0.29) is 17.2 Å². The van der Waals surface area contributed by atoms with Gasteiger partial charge in [-0.15, -0.1) is 0 Å². The molecule has 0 N–H and O–H groups in total. The number of carbonyl (C=O) groups excluding carboxylic acids is 2. The van der Waals surface area contributed by atoms with E-state index in [4.69, 9.17) is 21.1 Å². The van der Waals surface area contributed by atoms with Crippen molar-refractivity contribution in [3.8, 4) is 11.5 Å². The maximum Gasteiger partial charge on any atom is 0.293 e. The highest BCUT2D eigenvalue weighted by Crippen LogP contribution is 2.35. The molecule has 0 saturated carbocycles. The molecular formula is C22H22ClNO4S. The average molecular weight is 432 g/mol. The Hall–Kier alpha value is -2.44. The number of halogens is 1. The van der Waals surface area contributed by atoms with Crippen molar-refractivity contribution in [3.05, 3.63) is 63.5 Å². The van der Waals surface area contributed by atoms with E-state index in [9.17, 15) is 9.59 Å². The van der Waals surface area contributed by atoms with Crippen molar-refractivity contribution in [1.29, 1.82) is 0 Å². The first-order chi connectivity index (χ1) is 13.9. The molecule has 29 heavy (non-hydrogen) atoms. The molecule has 1 saturated heterocycles. The van der Waals surface area contributed by atoms with Gasteiger partial charge in [0.05, 0.1) is 11.5 Å². The summed E-state index contributed by atoms with van der Waals surface area (Å²) in [5.41, 5.74) is 1.75. The summed E-state index contributed by atoms with van der Waals surface area (Å²) in [6.07, 6.45) is 1.71. The van der Waals surface area contributed by atoms with E-state index in [0.29, 0.717) is 34.6 Å². The van der Waals surface area contributed by atoms with Gasteiger partial charge in [0, 0.05) is 11.1 Å². The number of carbonyl (C=O) groups is 2. The van der Waals surface area contributed by atoms with Crippen LogP contribution in [0, 0.1) is 0 Å². The lowest BCUT2D eigenvalue weighted by atomic mass is 10.1. The van der Waals surface area contributed by atoms with E-state index >= 15 is 0 Å². The minimum atomic E-state index is -0.268. The average Bonchev–Trinajstić information content (AvgIpc) is 2.96. The third-order valence-electron chi connectivity index (χ3n) is 4.21. The topological polar surface area (TPSA) is 55.8 Å². The van der Waals surface area contributed by atoms with Crippen molar-refractivity contribution >= 4 is 40.6 Å². The predicted molar refractivity (Wildman–Crippen MR) is 116 cm³/mol. The molecule has 0 bridgehead atoms. The highest BCUT2D eigenvalue weighted by atomic mass is 35.5. The molecule has 152 valence electrons. The maximum absolute atomic E-state index is 12.5. The lowest BCUT2D eigenvalue weighted by Crippen LogP contribution is -2.34. The van der Waals surface area contributed by atoms with Gasteiger partial charge >= 0.3 is 0 Å². The first kappa shape index (κ1) is 21.3. The minimum Gasteiger partial charge on any atom is -0.490 e. The molecule has 0 radical (unpaired) electrons. The molecule has 1 aliphatic rings. The summed E-state index contributed by atoms with van der Waals surface area (Å²) in [4.78, 5) is 26.2. The van der Waals surface area contributed by atoms with Gasteiger partial charge in [-0.3, -0.25) is 14.5 Å². The van der Waals surface area contributed by atoms with Crippen molar-refractivity contribution in [2.45, 2.75) is 33.4 Å². The first-order valence-corrected chi connectivity index (χ1v) is 10.5. The zero-order valence-electron chi connectivity index (χ0n) is 16.5. The van der Waals surface area contributed by atoms with E-state index in [1.807, 2.05) is 57.2 Å². The molecule has 2 aromatic rings. The number of rotatable bonds is 7. The lowest BCUT2D eigenvalue weighted by molar-refractivity contribution is -0.123. The van der Waals surface area contributed by atoms with Crippen LogP contribution in [-0.4, -0.2) is 28.7 Å². The monoisotopic (exact) mass is 431 g/mol. The lowest BCUT2D eigenvalue weighted by Gasteiger charge is -2.16. The van der Waals surface area contributed by atoms with Crippen molar-refractivity contribution in [3.63, 3.8) is 0 Å². The Morgan fingerprint density at radius 1 is 1.07 bits per heavy atom. The fourth-order valence-corrected chi connectivity index (χ4v) is 3.91. The van der Waals surface area contributed by atoms with Gasteiger partial charge in [-0.05, 0) is 74.0 Å². The molecule has 1 fully saturated rings. The van der Waals surface area contributed by atoms with Crippen LogP contribution in [0.2, 0.25) is 5.02 Å². The quantitative estimate of drug-likeness (QED) is 0.521. The van der Waals surface area contributed by atoms with Crippen molar-refractivity contribution < 1.29 is 19.1 Å². The highest BCUT2D eigenvalue weighted by molar-refractivity contribution is 8.18. The molecule has 1 aliphatic heterocycles. The van der Waals surface area contributed by atoms with Crippen LogP contribution in [0.25, 0.3) is 6.08 Å². The van der Waals surface area contributed by atoms with Crippen molar-refractivity contribution in [2.24, 2.45) is 0 Å². The standard InChI is InChI=1S/C22H22ClNO4S/c1-4-27-19-11-16(12-20-21(25)24(14(2)3)22(26)29-20)7-10-18(19)28-13-15-5-8-17(23)9-6-15/h5-12,14H,4,13H2,1-3H3/b20-12+. The van der Waals surface area contributed by atoms with E-state index in [1.165, 1.54) is 4.90 Å². The number of hydrogen-bond donors (Lipinski definition) is 0. The van der Waals surface area contributed by atoms with Gasteiger partial charge in [0.25, 0.3) is 11.1 Å². The molecule has 5 nitrogen and oxygen atoms in total. The fraction of sp³-hybridized carbons (Fsp3) is 0.273. The van der Waals surface area contributed by atoms with Crippen LogP contribution in [0.4, 0.5) is 4.79 Å².